The van der Waals surface area contributed by atoms with Gasteiger partial charge in [0.1, 0.15) is 0 Å². The van der Waals surface area contributed by atoms with Gasteiger partial charge in [0.05, 0.1) is 17.4 Å². The molecule has 2 aliphatic rings. The van der Waals surface area contributed by atoms with Crippen LogP contribution in [-0.2, 0) is 4.79 Å². The maximum Gasteiger partial charge on any atom is 0.231 e. The molecule has 1 amide bonds. The van der Waals surface area contributed by atoms with E-state index in [0.29, 0.717) is 12.8 Å². The number of carbonyl (C=O) groups is 1. The number of hydrogen-bond acceptors (Lipinski definition) is 2. The predicted molar refractivity (Wildman–Crippen MR) is 56.4 cm³/mol. The second kappa shape index (κ2) is 3.23. The van der Waals surface area contributed by atoms with E-state index in [9.17, 15) is 10.1 Å². The fourth-order valence-corrected chi connectivity index (χ4v) is 2.40. The van der Waals surface area contributed by atoms with Crippen LogP contribution in [0.2, 0.25) is 0 Å². The van der Waals surface area contributed by atoms with Gasteiger partial charge in [-0.25, -0.2) is 0 Å². The van der Waals surface area contributed by atoms with Gasteiger partial charge in [-0.2, -0.15) is 5.26 Å². The average Bonchev–Trinajstić information content (AvgIpc) is 2.24. The van der Waals surface area contributed by atoms with Crippen LogP contribution in [0, 0.1) is 22.7 Å². The summed E-state index contributed by atoms with van der Waals surface area (Å²) >= 11 is 0. The minimum absolute atomic E-state index is 0.0581. The topological polar surface area (TPSA) is 44.1 Å². The fourth-order valence-electron chi connectivity index (χ4n) is 2.40. The molecule has 0 fully saturated rings. The number of nitrogens with zero attached hydrogens (tertiary/aromatic N) is 2. The first-order valence-corrected chi connectivity index (χ1v) is 5.12. The summed E-state index contributed by atoms with van der Waals surface area (Å²) < 4.78 is 0. The van der Waals surface area contributed by atoms with Crippen molar-refractivity contribution in [3.05, 3.63) is 23.9 Å². The highest BCUT2D eigenvalue weighted by molar-refractivity contribution is 5.83. The first-order chi connectivity index (χ1) is 7.09. The molecule has 2 rings (SSSR count). The second-order valence-electron chi connectivity index (χ2n) is 4.43. The molecule has 0 N–H and O–H groups in total. The van der Waals surface area contributed by atoms with Crippen molar-refractivity contribution < 1.29 is 4.79 Å². The Morgan fingerprint density at radius 3 is 3.07 bits per heavy atom. The second-order valence-corrected chi connectivity index (χ2v) is 4.43. The first-order valence-electron chi connectivity index (χ1n) is 5.12. The number of carbonyl (C=O) groups excluding carboxylic acids is 1. The van der Waals surface area contributed by atoms with Crippen LogP contribution in [0.5, 0.6) is 0 Å². The van der Waals surface area contributed by atoms with E-state index in [-0.39, 0.29) is 11.8 Å². The van der Waals surface area contributed by atoms with E-state index >= 15 is 0 Å². The van der Waals surface area contributed by atoms with E-state index in [2.05, 4.69) is 12.1 Å². The van der Waals surface area contributed by atoms with Crippen LogP contribution in [0.4, 0.5) is 0 Å². The standard InChI is InChI=1S/C12H14N2O/c1-9-3-4-10-11(15)14(2)6-5-12(10,7-9)8-13/h3,5-6,10H,4,7H2,1-2H3/t10-,12+/m1/s1. The van der Waals surface area contributed by atoms with Gasteiger partial charge in [0.25, 0.3) is 0 Å². The Balaban J connectivity index is 2.46. The van der Waals surface area contributed by atoms with Crippen molar-refractivity contribution in [2.75, 3.05) is 7.05 Å². The Morgan fingerprint density at radius 2 is 2.40 bits per heavy atom. The molecule has 0 aromatic heterocycles. The minimum Gasteiger partial charge on any atom is -0.322 e. The number of hydrogen-bond donors (Lipinski definition) is 0. The first kappa shape index (κ1) is 9.97. The highest BCUT2D eigenvalue weighted by atomic mass is 16.2. The summed E-state index contributed by atoms with van der Waals surface area (Å²) in [7, 11) is 1.74. The zero-order valence-electron chi connectivity index (χ0n) is 9.03. The molecule has 0 bridgehead atoms. The maximum absolute atomic E-state index is 11.9. The molecular weight excluding hydrogens is 188 g/mol. The highest BCUT2D eigenvalue weighted by Crippen LogP contribution is 2.44. The SMILES string of the molecule is CC1=CC[C@@H]2C(=O)N(C)C=C[C@@]2(C#N)C1. The lowest BCUT2D eigenvalue weighted by molar-refractivity contribution is -0.135. The number of allylic oxidation sites excluding steroid dienone is 3. The molecule has 2 atom stereocenters. The molecule has 0 aromatic rings. The van der Waals surface area contributed by atoms with E-state index in [1.54, 1.807) is 18.1 Å². The van der Waals surface area contributed by atoms with Gasteiger partial charge in [-0.15, -0.1) is 0 Å². The molecule has 0 radical (unpaired) electrons. The molecule has 3 heteroatoms. The normalized spacial score (nSPS) is 34.5. The van der Waals surface area contributed by atoms with Crippen molar-refractivity contribution in [2.24, 2.45) is 11.3 Å². The summed E-state index contributed by atoms with van der Waals surface area (Å²) in [5, 5.41) is 9.30. The number of amides is 1. The van der Waals surface area contributed by atoms with Crippen molar-refractivity contribution in [2.45, 2.75) is 19.8 Å². The molecule has 0 aromatic carbocycles. The zero-order chi connectivity index (χ0) is 11.1. The third-order valence-electron chi connectivity index (χ3n) is 3.34. The van der Waals surface area contributed by atoms with E-state index in [0.717, 1.165) is 0 Å². The van der Waals surface area contributed by atoms with Gasteiger partial charge < -0.3 is 4.90 Å². The van der Waals surface area contributed by atoms with Gasteiger partial charge in [0.2, 0.25) is 5.91 Å². The van der Waals surface area contributed by atoms with E-state index in [1.165, 1.54) is 5.57 Å². The van der Waals surface area contributed by atoms with Crippen molar-refractivity contribution in [1.29, 1.82) is 5.26 Å². The highest BCUT2D eigenvalue weighted by Gasteiger charge is 2.46. The lowest BCUT2D eigenvalue weighted by Crippen LogP contribution is -2.44. The Labute approximate surface area is 89.7 Å². The average molecular weight is 202 g/mol. The van der Waals surface area contributed by atoms with Crippen LogP contribution in [0.25, 0.3) is 0 Å². The summed E-state index contributed by atoms with van der Waals surface area (Å²) in [6.07, 6.45) is 7.05. The van der Waals surface area contributed by atoms with Gasteiger partial charge in [-0.1, -0.05) is 11.6 Å². The Morgan fingerprint density at radius 1 is 1.67 bits per heavy atom. The van der Waals surface area contributed by atoms with Gasteiger partial charge in [0, 0.05) is 13.2 Å². The number of fused-ring (bicyclic) bond motifs is 1. The minimum atomic E-state index is -0.595. The van der Waals surface area contributed by atoms with Crippen LogP contribution in [-0.4, -0.2) is 17.9 Å². The zero-order valence-corrected chi connectivity index (χ0v) is 9.03. The number of rotatable bonds is 0. The predicted octanol–water partition coefficient (Wildman–Crippen LogP) is 1.84. The lowest BCUT2D eigenvalue weighted by Gasteiger charge is -2.39. The van der Waals surface area contributed by atoms with Gasteiger partial charge >= 0.3 is 0 Å². The molecule has 1 aliphatic heterocycles. The smallest absolute Gasteiger partial charge is 0.231 e. The van der Waals surface area contributed by atoms with Gasteiger partial charge in [-0.3, -0.25) is 4.79 Å². The molecule has 78 valence electrons. The van der Waals surface area contributed by atoms with Crippen LogP contribution in [0.3, 0.4) is 0 Å². The van der Waals surface area contributed by atoms with Gasteiger partial charge in [-0.05, 0) is 25.8 Å². The van der Waals surface area contributed by atoms with Crippen LogP contribution < -0.4 is 0 Å². The largest absolute Gasteiger partial charge is 0.322 e. The van der Waals surface area contributed by atoms with E-state index < -0.39 is 5.41 Å². The van der Waals surface area contributed by atoms with E-state index in [1.807, 2.05) is 13.0 Å². The van der Waals surface area contributed by atoms with Crippen LogP contribution in [0.1, 0.15) is 19.8 Å². The molecule has 0 saturated carbocycles. The van der Waals surface area contributed by atoms with Crippen molar-refractivity contribution in [3.63, 3.8) is 0 Å². The quantitative estimate of drug-likeness (QED) is 0.562. The summed E-state index contributed by atoms with van der Waals surface area (Å²) in [5.41, 5.74) is 0.609. The van der Waals surface area contributed by atoms with Gasteiger partial charge in [0.15, 0.2) is 0 Å². The van der Waals surface area contributed by atoms with Crippen molar-refractivity contribution >= 4 is 5.91 Å². The fraction of sp³-hybridized carbons (Fsp3) is 0.500. The summed E-state index contributed by atoms with van der Waals surface area (Å²) in [5.74, 6) is -0.135. The van der Waals surface area contributed by atoms with Crippen molar-refractivity contribution in [3.8, 4) is 6.07 Å². The molecular formula is C12H14N2O. The molecule has 1 aliphatic carbocycles. The Bertz CT molecular complexity index is 402. The van der Waals surface area contributed by atoms with Crippen molar-refractivity contribution in [1.82, 2.24) is 4.90 Å². The monoisotopic (exact) mass is 202 g/mol. The molecule has 1 heterocycles. The lowest BCUT2D eigenvalue weighted by atomic mass is 9.66. The summed E-state index contributed by atoms with van der Waals surface area (Å²) in [6, 6.07) is 2.33. The number of nitriles is 1. The maximum atomic E-state index is 11.9. The molecule has 0 spiro atoms. The third-order valence-corrected chi connectivity index (χ3v) is 3.34. The molecule has 0 saturated heterocycles. The summed E-state index contributed by atoms with van der Waals surface area (Å²) in [6.45, 7) is 2.02. The van der Waals surface area contributed by atoms with E-state index in [4.69, 9.17) is 0 Å². The third kappa shape index (κ3) is 1.37. The molecule has 3 nitrogen and oxygen atoms in total. The van der Waals surface area contributed by atoms with Crippen LogP contribution >= 0.6 is 0 Å². The molecule has 15 heavy (non-hydrogen) atoms. The molecule has 0 unspecified atom stereocenters. The van der Waals surface area contributed by atoms with Crippen LogP contribution in [0.15, 0.2) is 23.9 Å². The Hall–Kier alpha value is -1.56. The Kier molecular flexibility index (Phi) is 2.15. The summed E-state index contributed by atoms with van der Waals surface area (Å²) in [4.78, 5) is 13.5.